The summed E-state index contributed by atoms with van der Waals surface area (Å²) < 4.78 is 7.37. The molecule has 0 atom stereocenters. The number of furan rings is 1. The van der Waals surface area contributed by atoms with Crippen molar-refractivity contribution in [3.8, 4) is 0 Å². The van der Waals surface area contributed by atoms with E-state index >= 15 is 0 Å². The number of hydrazine groups is 1. The van der Waals surface area contributed by atoms with Crippen LogP contribution in [0.4, 0.5) is 0 Å². The maximum atomic E-state index is 11.7. The number of aryl methyl sites for hydroxylation is 1. The van der Waals surface area contributed by atoms with Crippen LogP contribution in [0.3, 0.4) is 0 Å². The Bertz CT molecular complexity index is 725. The van der Waals surface area contributed by atoms with Crippen molar-refractivity contribution in [3.05, 3.63) is 56.8 Å². The third kappa shape index (κ3) is 2.33. The molecule has 0 saturated carbocycles. The molecule has 0 radical (unpaired) electrons. The second-order valence-electron chi connectivity index (χ2n) is 3.90. The number of nitrogen functional groups attached to an aromatic ring is 1. The lowest BCUT2D eigenvalue weighted by Gasteiger charge is -2.06. The monoisotopic (exact) mass is 264 g/mol. The molecular formula is C11H12N4O4. The first-order valence-corrected chi connectivity index (χ1v) is 5.38. The Kier molecular flexibility index (Phi) is 3.34. The fourth-order valence-corrected chi connectivity index (χ4v) is 1.62. The van der Waals surface area contributed by atoms with Gasteiger partial charge in [-0.2, -0.15) is 0 Å². The van der Waals surface area contributed by atoms with Crippen LogP contribution in [0.15, 0.2) is 38.7 Å². The maximum Gasteiger partial charge on any atom is 0.316 e. The number of amides is 1. The number of hydrogen-bond donors (Lipinski definition) is 2. The van der Waals surface area contributed by atoms with Crippen LogP contribution in [-0.4, -0.2) is 15.0 Å². The molecule has 100 valence electrons. The first kappa shape index (κ1) is 12.8. The molecule has 0 aliphatic heterocycles. The number of nitrogens with zero attached hydrogens (tertiary/aromatic N) is 2. The molecule has 19 heavy (non-hydrogen) atoms. The molecule has 0 fully saturated rings. The van der Waals surface area contributed by atoms with Gasteiger partial charge in [0.1, 0.15) is 0 Å². The van der Waals surface area contributed by atoms with E-state index < -0.39 is 17.0 Å². The van der Waals surface area contributed by atoms with E-state index in [1.165, 1.54) is 40.9 Å². The summed E-state index contributed by atoms with van der Waals surface area (Å²) in [4.78, 5) is 34.6. The first-order valence-electron chi connectivity index (χ1n) is 5.38. The number of hydrogen-bond acceptors (Lipinski definition) is 5. The van der Waals surface area contributed by atoms with Gasteiger partial charge in [-0.1, -0.05) is 0 Å². The molecule has 0 unspecified atom stereocenters. The SMILES string of the molecule is Cn1ccn(Cc2ccoc2C(=O)NN)c(=O)c1=O. The quantitative estimate of drug-likeness (QED) is 0.313. The summed E-state index contributed by atoms with van der Waals surface area (Å²) in [5, 5.41) is 0. The predicted molar refractivity (Wildman–Crippen MR) is 65.4 cm³/mol. The van der Waals surface area contributed by atoms with E-state index in [0.717, 1.165) is 0 Å². The van der Waals surface area contributed by atoms with E-state index in [1.54, 1.807) is 0 Å². The van der Waals surface area contributed by atoms with Gasteiger partial charge < -0.3 is 13.6 Å². The zero-order valence-corrected chi connectivity index (χ0v) is 10.1. The van der Waals surface area contributed by atoms with Gasteiger partial charge in [0.2, 0.25) is 0 Å². The van der Waals surface area contributed by atoms with E-state index in [0.29, 0.717) is 5.56 Å². The van der Waals surface area contributed by atoms with Crippen molar-refractivity contribution in [2.45, 2.75) is 6.54 Å². The van der Waals surface area contributed by atoms with E-state index in [9.17, 15) is 14.4 Å². The van der Waals surface area contributed by atoms with Crippen molar-refractivity contribution < 1.29 is 9.21 Å². The van der Waals surface area contributed by atoms with Crippen molar-refractivity contribution >= 4 is 5.91 Å². The zero-order valence-electron chi connectivity index (χ0n) is 10.1. The van der Waals surface area contributed by atoms with Gasteiger partial charge in [-0.3, -0.25) is 19.8 Å². The molecule has 0 spiro atoms. The highest BCUT2D eigenvalue weighted by Gasteiger charge is 2.15. The normalized spacial score (nSPS) is 10.4. The second-order valence-corrected chi connectivity index (χ2v) is 3.90. The standard InChI is InChI=1S/C11H12N4O4/c1-14-3-4-15(11(18)10(14)17)6-7-2-5-19-8(7)9(16)13-12/h2-5H,6,12H2,1H3,(H,13,16). The van der Waals surface area contributed by atoms with Gasteiger partial charge in [0.05, 0.1) is 12.8 Å². The van der Waals surface area contributed by atoms with Gasteiger partial charge in [-0.25, -0.2) is 5.84 Å². The summed E-state index contributed by atoms with van der Waals surface area (Å²) >= 11 is 0. The lowest BCUT2D eigenvalue weighted by atomic mass is 10.2. The molecule has 0 aliphatic rings. The van der Waals surface area contributed by atoms with Crippen LogP contribution in [0, 0.1) is 0 Å². The Hall–Kier alpha value is -2.61. The van der Waals surface area contributed by atoms with Gasteiger partial charge in [-0.05, 0) is 6.07 Å². The molecule has 0 aromatic carbocycles. The molecular weight excluding hydrogens is 252 g/mol. The van der Waals surface area contributed by atoms with E-state index in [1.807, 2.05) is 5.43 Å². The van der Waals surface area contributed by atoms with Crippen molar-refractivity contribution in [3.63, 3.8) is 0 Å². The van der Waals surface area contributed by atoms with Gasteiger partial charge in [-0.15, -0.1) is 0 Å². The summed E-state index contributed by atoms with van der Waals surface area (Å²) in [6, 6.07) is 1.54. The number of nitrogens with two attached hydrogens (primary N) is 1. The number of carbonyl (C=O) groups excluding carboxylic acids is 1. The highest BCUT2D eigenvalue weighted by atomic mass is 16.3. The van der Waals surface area contributed by atoms with Crippen LogP contribution in [0.1, 0.15) is 16.1 Å². The topological polar surface area (TPSA) is 112 Å². The molecule has 8 heteroatoms. The number of rotatable bonds is 3. The highest BCUT2D eigenvalue weighted by molar-refractivity contribution is 5.92. The average Bonchev–Trinajstić information content (AvgIpc) is 2.87. The van der Waals surface area contributed by atoms with Crippen LogP contribution >= 0.6 is 0 Å². The van der Waals surface area contributed by atoms with Crippen LogP contribution in [0.25, 0.3) is 0 Å². The fourth-order valence-electron chi connectivity index (χ4n) is 1.62. The van der Waals surface area contributed by atoms with E-state index in [2.05, 4.69) is 0 Å². The smallest absolute Gasteiger partial charge is 0.316 e. The van der Waals surface area contributed by atoms with Crippen molar-refractivity contribution in [1.82, 2.24) is 14.6 Å². The summed E-state index contributed by atoms with van der Waals surface area (Å²) in [7, 11) is 1.49. The number of aromatic nitrogens is 2. The number of carbonyl (C=O) groups is 1. The highest BCUT2D eigenvalue weighted by Crippen LogP contribution is 2.10. The third-order valence-electron chi connectivity index (χ3n) is 2.66. The van der Waals surface area contributed by atoms with Gasteiger partial charge in [0, 0.05) is 25.0 Å². The molecule has 2 aromatic rings. The Labute approximate surface area is 107 Å². The van der Waals surface area contributed by atoms with Gasteiger partial charge >= 0.3 is 17.0 Å². The predicted octanol–water partition coefficient (Wildman–Crippen LogP) is -1.21. The minimum atomic E-state index is -0.676. The third-order valence-corrected chi connectivity index (χ3v) is 2.66. The molecule has 1 amide bonds. The average molecular weight is 264 g/mol. The van der Waals surface area contributed by atoms with Crippen molar-refractivity contribution in [1.29, 1.82) is 0 Å². The van der Waals surface area contributed by atoms with Gasteiger partial charge in [0.15, 0.2) is 5.76 Å². The Morgan fingerprint density at radius 3 is 2.79 bits per heavy atom. The minimum Gasteiger partial charge on any atom is -0.459 e. The molecule has 2 heterocycles. The summed E-state index contributed by atoms with van der Waals surface area (Å²) in [5.41, 5.74) is 1.08. The Morgan fingerprint density at radius 2 is 2.11 bits per heavy atom. The molecule has 3 N–H and O–H groups in total. The molecule has 0 aliphatic carbocycles. The van der Waals surface area contributed by atoms with E-state index in [-0.39, 0.29) is 12.3 Å². The zero-order chi connectivity index (χ0) is 14.0. The maximum absolute atomic E-state index is 11.7. The van der Waals surface area contributed by atoms with Crippen LogP contribution in [-0.2, 0) is 13.6 Å². The van der Waals surface area contributed by atoms with Gasteiger partial charge in [0.25, 0.3) is 0 Å². The minimum absolute atomic E-state index is 0.00933. The van der Waals surface area contributed by atoms with E-state index in [4.69, 9.17) is 10.3 Å². The molecule has 0 saturated heterocycles. The molecule has 0 bridgehead atoms. The van der Waals surface area contributed by atoms with Crippen molar-refractivity contribution in [2.75, 3.05) is 0 Å². The van der Waals surface area contributed by atoms with Crippen LogP contribution < -0.4 is 22.4 Å². The fraction of sp³-hybridized carbons (Fsp3) is 0.182. The summed E-state index contributed by atoms with van der Waals surface area (Å²) in [6.07, 6.45) is 4.24. The van der Waals surface area contributed by atoms with Crippen LogP contribution in [0.5, 0.6) is 0 Å². The molecule has 2 aromatic heterocycles. The summed E-state index contributed by atoms with van der Waals surface area (Å²) in [5.74, 6) is 4.43. The molecule has 8 nitrogen and oxygen atoms in total. The Balaban J connectivity index is 2.41. The molecule has 2 rings (SSSR count). The summed E-state index contributed by atoms with van der Waals surface area (Å²) in [6.45, 7) is 0.0498. The van der Waals surface area contributed by atoms with Crippen molar-refractivity contribution in [2.24, 2.45) is 12.9 Å². The number of nitrogens with one attached hydrogen (secondary N) is 1. The Morgan fingerprint density at radius 1 is 1.37 bits per heavy atom. The largest absolute Gasteiger partial charge is 0.459 e. The second kappa shape index (κ2) is 4.94. The lowest BCUT2D eigenvalue weighted by Crippen LogP contribution is -2.39. The van der Waals surface area contributed by atoms with Crippen LogP contribution in [0.2, 0.25) is 0 Å². The lowest BCUT2D eigenvalue weighted by molar-refractivity contribution is 0.0924. The first-order chi connectivity index (χ1) is 9.04.